The lowest BCUT2D eigenvalue weighted by atomic mass is 10.4. The van der Waals surface area contributed by atoms with Gasteiger partial charge in [0.05, 0.1) is 5.71 Å². The van der Waals surface area contributed by atoms with Crippen LogP contribution in [0.2, 0.25) is 0 Å². The average molecular weight is 138 g/mol. The fourth-order valence-corrected chi connectivity index (χ4v) is 0.489. The molecular formula is C8H14N2. The van der Waals surface area contributed by atoms with Crippen molar-refractivity contribution >= 4 is 11.9 Å². The summed E-state index contributed by atoms with van der Waals surface area (Å²) >= 11 is 0. The van der Waals surface area contributed by atoms with Crippen LogP contribution in [0.5, 0.6) is 0 Å². The Balaban J connectivity index is 3.74. The Bertz CT molecular complexity index is 145. The van der Waals surface area contributed by atoms with E-state index in [-0.39, 0.29) is 0 Å². The maximum absolute atomic E-state index is 4.10. The first kappa shape index (κ1) is 9.08. The SMILES string of the molecule is C=CC(C=NCCC)=NC. The predicted octanol–water partition coefficient (Wildman–Crippen LogP) is 1.72. The fourth-order valence-electron chi connectivity index (χ4n) is 0.489. The van der Waals surface area contributed by atoms with E-state index in [9.17, 15) is 0 Å². The van der Waals surface area contributed by atoms with Crippen LogP contribution in [0.15, 0.2) is 22.6 Å². The maximum Gasteiger partial charge on any atom is 0.0743 e. The molecule has 0 unspecified atom stereocenters. The molecule has 2 nitrogen and oxygen atoms in total. The molecule has 0 aliphatic rings. The molecule has 10 heavy (non-hydrogen) atoms. The van der Waals surface area contributed by atoms with Gasteiger partial charge in [0.1, 0.15) is 0 Å². The van der Waals surface area contributed by atoms with Crippen molar-refractivity contribution in [2.45, 2.75) is 13.3 Å². The van der Waals surface area contributed by atoms with E-state index in [0.717, 1.165) is 18.7 Å². The Morgan fingerprint density at radius 3 is 2.70 bits per heavy atom. The minimum Gasteiger partial charge on any atom is -0.291 e. The van der Waals surface area contributed by atoms with Crippen molar-refractivity contribution in [3.8, 4) is 0 Å². The van der Waals surface area contributed by atoms with Gasteiger partial charge in [0, 0.05) is 19.8 Å². The number of hydrogen-bond acceptors (Lipinski definition) is 2. The van der Waals surface area contributed by atoms with E-state index in [1.165, 1.54) is 0 Å². The molecule has 0 aliphatic carbocycles. The molecule has 0 saturated heterocycles. The van der Waals surface area contributed by atoms with Gasteiger partial charge in [-0.05, 0) is 12.5 Å². The molecule has 0 amide bonds. The first-order valence-corrected chi connectivity index (χ1v) is 3.44. The molecule has 0 aromatic heterocycles. The standard InChI is InChI=1S/C8H14N2/c1-4-6-10-7-8(5-2)9-3/h5,7H,2,4,6H2,1,3H3. The van der Waals surface area contributed by atoms with Gasteiger partial charge in [0.2, 0.25) is 0 Å². The van der Waals surface area contributed by atoms with Crippen molar-refractivity contribution in [2.75, 3.05) is 13.6 Å². The fraction of sp³-hybridized carbons (Fsp3) is 0.500. The van der Waals surface area contributed by atoms with Crippen LogP contribution < -0.4 is 0 Å². The highest BCUT2D eigenvalue weighted by atomic mass is 14.7. The van der Waals surface area contributed by atoms with Gasteiger partial charge in [0.25, 0.3) is 0 Å². The molecule has 2 heteroatoms. The lowest BCUT2D eigenvalue weighted by Crippen LogP contribution is -1.94. The number of hydrogen-bond donors (Lipinski definition) is 0. The molecule has 0 aromatic carbocycles. The molecule has 56 valence electrons. The first-order chi connectivity index (χ1) is 4.85. The van der Waals surface area contributed by atoms with Gasteiger partial charge in [-0.1, -0.05) is 13.5 Å². The summed E-state index contributed by atoms with van der Waals surface area (Å²) in [7, 11) is 1.73. The summed E-state index contributed by atoms with van der Waals surface area (Å²) in [6.45, 7) is 6.55. The minimum absolute atomic E-state index is 0.841. The molecule has 0 rings (SSSR count). The summed E-state index contributed by atoms with van der Waals surface area (Å²) < 4.78 is 0. The second-order valence-corrected chi connectivity index (χ2v) is 1.89. The largest absolute Gasteiger partial charge is 0.291 e. The highest BCUT2D eigenvalue weighted by molar-refractivity contribution is 6.35. The Labute approximate surface area is 62.4 Å². The molecule has 0 aliphatic heterocycles. The Hall–Kier alpha value is -0.920. The van der Waals surface area contributed by atoms with Crippen LogP contribution in [0.3, 0.4) is 0 Å². The van der Waals surface area contributed by atoms with E-state index in [4.69, 9.17) is 0 Å². The number of nitrogens with zero attached hydrogens (tertiary/aromatic N) is 2. The number of aliphatic imine (C=N–C) groups is 2. The quantitative estimate of drug-likeness (QED) is 0.528. The summed E-state index contributed by atoms with van der Waals surface area (Å²) in [5.74, 6) is 0. The second-order valence-electron chi connectivity index (χ2n) is 1.89. The van der Waals surface area contributed by atoms with Crippen molar-refractivity contribution < 1.29 is 0 Å². The van der Waals surface area contributed by atoms with Gasteiger partial charge < -0.3 is 0 Å². The molecule has 0 fully saturated rings. The third-order valence-corrected chi connectivity index (χ3v) is 1.04. The van der Waals surface area contributed by atoms with Crippen molar-refractivity contribution in [3.05, 3.63) is 12.7 Å². The molecule has 0 heterocycles. The van der Waals surface area contributed by atoms with Gasteiger partial charge >= 0.3 is 0 Å². The van der Waals surface area contributed by atoms with E-state index >= 15 is 0 Å². The summed E-state index contributed by atoms with van der Waals surface area (Å²) in [4.78, 5) is 8.03. The highest BCUT2D eigenvalue weighted by Gasteiger charge is 1.81. The molecule has 0 atom stereocenters. The molecule has 0 bridgehead atoms. The average Bonchev–Trinajstić information content (AvgIpc) is 1.99. The summed E-state index contributed by atoms with van der Waals surface area (Å²) in [5, 5.41) is 0. The maximum atomic E-state index is 4.10. The third kappa shape index (κ3) is 4.01. The van der Waals surface area contributed by atoms with E-state index in [1.807, 2.05) is 0 Å². The van der Waals surface area contributed by atoms with Crippen LogP contribution in [-0.4, -0.2) is 25.5 Å². The minimum atomic E-state index is 0.841. The van der Waals surface area contributed by atoms with Crippen molar-refractivity contribution in [3.63, 3.8) is 0 Å². The number of allylic oxidation sites excluding steroid dienone is 1. The lowest BCUT2D eigenvalue weighted by molar-refractivity contribution is 0.938. The molecule has 0 radical (unpaired) electrons. The molecule has 0 aromatic rings. The van der Waals surface area contributed by atoms with Crippen LogP contribution in [0.1, 0.15) is 13.3 Å². The molecular weight excluding hydrogens is 124 g/mol. The zero-order chi connectivity index (χ0) is 7.82. The summed E-state index contributed by atoms with van der Waals surface area (Å²) in [6, 6.07) is 0. The topological polar surface area (TPSA) is 24.7 Å². The summed E-state index contributed by atoms with van der Waals surface area (Å²) in [6.07, 6.45) is 4.51. The van der Waals surface area contributed by atoms with E-state index in [2.05, 4.69) is 23.5 Å². The Kier molecular flexibility index (Phi) is 5.63. The van der Waals surface area contributed by atoms with Crippen molar-refractivity contribution in [1.82, 2.24) is 0 Å². The van der Waals surface area contributed by atoms with E-state index < -0.39 is 0 Å². The van der Waals surface area contributed by atoms with E-state index in [0.29, 0.717) is 0 Å². The van der Waals surface area contributed by atoms with Gasteiger partial charge in [0.15, 0.2) is 0 Å². The van der Waals surface area contributed by atoms with Crippen LogP contribution in [0.25, 0.3) is 0 Å². The zero-order valence-corrected chi connectivity index (χ0v) is 6.67. The second kappa shape index (κ2) is 6.20. The predicted molar refractivity (Wildman–Crippen MR) is 47.2 cm³/mol. The van der Waals surface area contributed by atoms with Crippen molar-refractivity contribution in [2.24, 2.45) is 9.98 Å². The van der Waals surface area contributed by atoms with Crippen molar-refractivity contribution in [1.29, 1.82) is 0 Å². The van der Waals surface area contributed by atoms with E-state index in [1.54, 1.807) is 19.3 Å². The Morgan fingerprint density at radius 1 is 1.60 bits per heavy atom. The van der Waals surface area contributed by atoms with Gasteiger partial charge in [-0.15, -0.1) is 0 Å². The smallest absolute Gasteiger partial charge is 0.0743 e. The monoisotopic (exact) mass is 138 g/mol. The van der Waals surface area contributed by atoms with Gasteiger partial charge in [-0.2, -0.15) is 0 Å². The molecule has 0 N–H and O–H groups in total. The van der Waals surface area contributed by atoms with Crippen LogP contribution in [-0.2, 0) is 0 Å². The highest BCUT2D eigenvalue weighted by Crippen LogP contribution is 1.78. The Morgan fingerprint density at radius 2 is 2.30 bits per heavy atom. The van der Waals surface area contributed by atoms with Crippen LogP contribution in [0, 0.1) is 0 Å². The summed E-state index contributed by atoms with van der Waals surface area (Å²) in [5.41, 5.74) is 0.841. The zero-order valence-electron chi connectivity index (χ0n) is 6.67. The van der Waals surface area contributed by atoms with Gasteiger partial charge in [-0.3, -0.25) is 9.98 Å². The molecule has 0 spiro atoms. The van der Waals surface area contributed by atoms with Gasteiger partial charge in [-0.25, -0.2) is 0 Å². The van der Waals surface area contributed by atoms with Crippen LogP contribution in [0.4, 0.5) is 0 Å². The lowest BCUT2D eigenvalue weighted by Gasteiger charge is -1.87. The first-order valence-electron chi connectivity index (χ1n) is 3.44. The third-order valence-electron chi connectivity index (χ3n) is 1.04. The number of rotatable bonds is 4. The molecule has 0 saturated carbocycles. The normalized spacial score (nSPS) is 12.4. The van der Waals surface area contributed by atoms with Crippen LogP contribution >= 0.6 is 0 Å².